The molecule has 1 fully saturated rings. The SMILES string of the molecule is Cc1nc(C2(NC(=O)/C=C/c3ccc(NS(C)(=O)=O)cc3)CCCC2)no1. The predicted molar refractivity (Wildman–Crippen MR) is 101 cm³/mol. The molecule has 0 bridgehead atoms. The van der Waals surface area contributed by atoms with Crippen molar-refractivity contribution in [2.45, 2.75) is 38.1 Å². The zero-order chi connectivity index (χ0) is 19.5. The molecule has 1 aromatic heterocycles. The van der Waals surface area contributed by atoms with Crippen molar-refractivity contribution in [3.8, 4) is 0 Å². The molecule has 2 N–H and O–H groups in total. The predicted octanol–water partition coefficient (Wildman–Crippen LogP) is 2.35. The van der Waals surface area contributed by atoms with Crippen LogP contribution in [0.4, 0.5) is 5.69 Å². The van der Waals surface area contributed by atoms with Gasteiger partial charge in [0.1, 0.15) is 5.54 Å². The van der Waals surface area contributed by atoms with Gasteiger partial charge in [0.15, 0.2) is 5.82 Å². The van der Waals surface area contributed by atoms with Crippen LogP contribution in [0.15, 0.2) is 34.9 Å². The summed E-state index contributed by atoms with van der Waals surface area (Å²) >= 11 is 0. The van der Waals surface area contributed by atoms with Gasteiger partial charge in [-0.05, 0) is 36.6 Å². The van der Waals surface area contributed by atoms with Crippen molar-refractivity contribution in [1.29, 1.82) is 0 Å². The number of anilines is 1. The Labute approximate surface area is 158 Å². The first kappa shape index (κ1) is 19.1. The van der Waals surface area contributed by atoms with Crippen LogP contribution in [0.3, 0.4) is 0 Å². The van der Waals surface area contributed by atoms with Crippen molar-refractivity contribution in [2.24, 2.45) is 0 Å². The summed E-state index contributed by atoms with van der Waals surface area (Å²) < 4.78 is 29.9. The van der Waals surface area contributed by atoms with Gasteiger partial charge in [0.25, 0.3) is 0 Å². The number of aryl methyl sites for hydroxylation is 1. The molecule has 144 valence electrons. The van der Waals surface area contributed by atoms with Crippen molar-refractivity contribution in [1.82, 2.24) is 15.5 Å². The second-order valence-electron chi connectivity index (χ2n) is 6.75. The first-order valence-corrected chi connectivity index (χ1v) is 10.5. The fraction of sp³-hybridized carbons (Fsp3) is 0.389. The number of hydrogen-bond acceptors (Lipinski definition) is 6. The van der Waals surface area contributed by atoms with Crippen molar-refractivity contribution in [3.63, 3.8) is 0 Å². The Bertz CT molecular complexity index is 942. The number of rotatable bonds is 6. The number of aromatic nitrogens is 2. The molecule has 3 rings (SSSR count). The third-order valence-electron chi connectivity index (χ3n) is 4.42. The van der Waals surface area contributed by atoms with E-state index in [0.717, 1.165) is 37.5 Å². The van der Waals surface area contributed by atoms with Crippen LogP contribution in [0.25, 0.3) is 6.08 Å². The van der Waals surface area contributed by atoms with Crippen LogP contribution in [0.2, 0.25) is 0 Å². The third-order valence-corrected chi connectivity index (χ3v) is 5.02. The highest BCUT2D eigenvalue weighted by Crippen LogP contribution is 2.37. The monoisotopic (exact) mass is 390 g/mol. The first-order valence-electron chi connectivity index (χ1n) is 8.65. The molecule has 0 saturated heterocycles. The van der Waals surface area contributed by atoms with E-state index >= 15 is 0 Å². The lowest BCUT2D eigenvalue weighted by molar-refractivity contribution is -0.118. The van der Waals surface area contributed by atoms with Gasteiger partial charge in [-0.3, -0.25) is 9.52 Å². The van der Waals surface area contributed by atoms with Gasteiger partial charge in [-0.2, -0.15) is 4.98 Å². The van der Waals surface area contributed by atoms with E-state index in [1.165, 1.54) is 6.08 Å². The maximum atomic E-state index is 12.4. The molecule has 0 atom stereocenters. The molecular weight excluding hydrogens is 368 g/mol. The Morgan fingerprint density at radius 2 is 1.89 bits per heavy atom. The van der Waals surface area contributed by atoms with Gasteiger partial charge >= 0.3 is 0 Å². The van der Waals surface area contributed by atoms with E-state index in [9.17, 15) is 13.2 Å². The van der Waals surface area contributed by atoms with Gasteiger partial charge in [-0.15, -0.1) is 0 Å². The van der Waals surface area contributed by atoms with E-state index < -0.39 is 15.6 Å². The van der Waals surface area contributed by atoms with Crippen LogP contribution in [-0.2, 0) is 20.4 Å². The molecule has 0 unspecified atom stereocenters. The van der Waals surface area contributed by atoms with Crippen LogP contribution >= 0.6 is 0 Å². The summed E-state index contributed by atoms with van der Waals surface area (Å²) in [6.45, 7) is 1.73. The second kappa shape index (κ2) is 7.51. The molecule has 0 aliphatic heterocycles. The van der Waals surface area contributed by atoms with E-state index in [4.69, 9.17) is 4.52 Å². The maximum Gasteiger partial charge on any atom is 0.244 e. The van der Waals surface area contributed by atoms with Crippen LogP contribution < -0.4 is 10.0 Å². The Hall–Kier alpha value is -2.68. The van der Waals surface area contributed by atoms with Crippen molar-refractivity contribution < 1.29 is 17.7 Å². The molecule has 27 heavy (non-hydrogen) atoms. The molecule has 0 spiro atoms. The molecule has 8 nitrogen and oxygen atoms in total. The summed E-state index contributed by atoms with van der Waals surface area (Å²) in [5, 5.41) is 7.03. The van der Waals surface area contributed by atoms with Crippen LogP contribution in [0, 0.1) is 6.92 Å². The summed E-state index contributed by atoms with van der Waals surface area (Å²) in [7, 11) is -3.31. The highest BCUT2D eigenvalue weighted by Gasteiger charge is 2.40. The molecule has 1 aliphatic rings. The molecule has 1 aromatic carbocycles. The Balaban J connectivity index is 1.67. The van der Waals surface area contributed by atoms with Gasteiger partial charge in [0.2, 0.25) is 21.8 Å². The highest BCUT2D eigenvalue weighted by atomic mass is 32.2. The minimum absolute atomic E-state index is 0.238. The summed E-state index contributed by atoms with van der Waals surface area (Å²) in [6, 6.07) is 6.73. The molecule has 1 amide bonds. The summed E-state index contributed by atoms with van der Waals surface area (Å²) in [5.74, 6) is 0.761. The number of carbonyl (C=O) groups excluding carboxylic acids is 1. The largest absolute Gasteiger partial charge is 0.340 e. The number of nitrogens with one attached hydrogen (secondary N) is 2. The lowest BCUT2D eigenvalue weighted by atomic mass is 9.96. The first-order chi connectivity index (χ1) is 12.8. The van der Waals surface area contributed by atoms with E-state index in [1.807, 2.05) is 0 Å². The van der Waals surface area contributed by atoms with Crippen molar-refractivity contribution >= 4 is 27.7 Å². The average molecular weight is 390 g/mol. The number of benzene rings is 1. The minimum atomic E-state index is -3.31. The van der Waals surface area contributed by atoms with Crippen LogP contribution in [-0.4, -0.2) is 30.7 Å². The number of carbonyl (C=O) groups is 1. The smallest absolute Gasteiger partial charge is 0.244 e. The zero-order valence-corrected chi connectivity index (χ0v) is 16.0. The van der Waals surface area contributed by atoms with Gasteiger partial charge in [0, 0.05) is 18.7 Å². The van der Waals surface area contributed by atoms with Crippen molar-refractivity contribution in [2.75, 3.05) is 11.0 Å². The molecule has 2 aromatic rings. The topological polar surface area (TPSA) is 114 Å². The van der Waals surface area contributed by atoms with Gasteiger partial charge in [-0.1, -0.05) is 30.1 Å². The third kappa shape index (κ3) is 4.94. The van der Waals surface area contributed by atoms with Crippen LogP contribution in [0.1, 0.15) is 43.0 Å². The van der Waals surface area contributed by atoms with E-state index in [1.54, 1.807) is 37.3 Å². The van der Waals surface area contributed by atoms with Crippen LogP contribution in [0.5, 0.6) is 0 Å². The Kier molecular flexibility index (Phi) is 5.31. The quantitative estimate of drug-likeness (QED) is 0.732. The van der Waals surface area contributed by atoms with Gasteiger partial charge in [-0.25, -0.2) is 8.42 Å². The Morgan fingerprint density at radius 3 is 2.44 bits per heavy atom. The average Bonchev–Trinajstić information content (AvgIpc) is 3.23. The standard InChI is InChI=1S/C18H22N4O4S/c1-13-19-17(21-26-13)18(11-3-4-12-18)20-16(23)10-7-14-5-8-15(9-6-14)22-27(2,24)25/h5-10,22H,3-4,11-12H2,1-2H3,(H,20,23)/b10-7+. The normalized spacial score (nSPS) is 16.5. The number of amides is 1. The number of sulfonamides is 1. The van der Waals surface area contributed by atoms with Crippen molar-refractivity contribution in [3.05, 3.63) is 47.6 Å². The molecule has 1 saturated carbocycles. The lowest BCUT2D eigenvalue weighted by Gasteiger charge is -2.25. The summed E-state index contributed by atoms with van der Waals surface area (Å²) in [6.07, 6.45) is 7.75. The molecule has 1 aliphatic carbocycles. The summed E-state index contributed by atoms with van der Waals surface area (Å²) in [5.41, 5.74) is 0.666. The zero-order valence-electron chi connectivity index (χ0n) is 15.2. The molecule has 1 heterocycles. The second-order valence-corrected chi connectivity index (χ2v) is 8.49. The number of hydrogen-bond donors (Lipinski definition) is 2. The van der Waals surface area contributed by atoms with Gasteiger partial charge in [0.05, 0.1) is 6.26 Å². The van der Waals surface area contributed by atoms with E-state index in [2.05, 4.69) is 20.2 Å². The number of nitrogens with zero attached hydrogens (tertiary/aromatic N) is 2. The van der Waals surface area contributed by atoms with Gasteiger partial charge < -0.3 is 9.84 Å². The summed E-state index contributed by atoms with van der Waals surface area (Å²) in [4.78, 5) is 16.7. The maximum absolute atomic E-state index is 12.4. The molecule has 0 radical (unpaired) electrons. The fourth-order valence-corrected chi connectivity index (χ4v) is 3.77. The Morgan fingerprint density at radius 1 is 1.22 bits per heavy atom. The highest BCUT2D eigenvalue weighted by molar-refractivity contribution is 7.92. The molecular formula is C18H22N4O4S. The van der Waals surface area contributed by atoms with E-state index in [0.29, 0.717) is 17.4 Å². The van der Waals surface area contributed by atoms with E-state index in [-0.39, 0.29) is 5.91 Å². The minimum Gasteiger partial charge on any atom is -0.340 e. The fourth-order valence-electron chi connectivity index (χ4n) is 3.20. The molecule has 9 heteroatoms. The lowest BCUT2D eigenvalue weighted by Crippen LogP contribution is -2.44.